The Bertz CT molecular complexity index is 1570. The molecule has 12 N–H and O–H groups in total. The van der Waals surface area contributed by atoms with E-state index in [2.05, 4.69) is 14.3 Å². The number of aromatic nitrogens is 4. The molecule has 3 aliphatic heterocycles. The van der Waals surface area contributed by atoms with E-state index >= 15 is 0 Å². The third-order valence-corrected chi connectivity index (χ3v) is 9.97. The number of amides is 1. The molecule has 2 fully saturated rings. The van der Waals surface area contributed by atoms with Gasteiger partial charge in [-0.3, -0.25) is 14.8 Å². The van der Waals surface area contributed by atoms with Crippen molar-refractivity contribution in [2.75, 3.05) is 19.8 Å². The Balaban J connectivity index is 1.15. The van der Waals surface area contributed by atoms with E-state index in [1.54, 1.807) is 0 Å². The first kappa shape index (κ1) is 35.7. The molecule has 259 valence electrons. The van der Waals surface area contributed by atoms with Crippen LogP contribution in [0, 0.1) is 12.0 Å². The third kappa shape index (κ3) is 7.68. The lowest BCUT2D eigenvalue weighted by atomic mass is 10.1. The fourth-order valence-electron chi connectivity index (χ4n) is 4.99. The number of imidazole rings is 1. The Kier molecular flexibility index (Phi) is 10.7. The van der Waals surface area contributed by atoms with Crippen molar-refractivity contribution in [3.05, 3.63) is 48.6 Å². The van der Waals surface area contributed by atoms with E-state index in [9.17, 15) is 44.8 Å². The van der Waals surface area contributed by atoms with Crippen LogP contribution in [0.25, 0.3) is 11.2 Å². The van der Waals surface area contributed by atoms with Gasteiger partial charge in [0.25, 0.3) is 0 Å². The number of aliphatic hydroxyl groups excluding tert-OH is 4. The van der Waals surface area contributed by atoms with Crippen LogP contribution in [0.2, 0.25) is 0 Å². The van der Waals surface area contributed by atoms with Gasteiger partial charge in [0.05, 0.1) is 29.1 Å². The van der Waals surface area contributed by atoms with Gasteiger partial charge in [-0.1, -0.05) is 6.08 Å². The molecule has 0 saturated carbocycles. The normalized spacial score (nSPS) is 31.0. The minimum absolute atomic E-state index is 0.00796. The van der Waals surface area contributed by atoms with Crippen molar-refractivity contribution in [3.63, 3.8) is 0 Å². The van der Waals surface area contributed by atoms with E-state index in [-0.39, 0.29) is 28.8 Å². The summed E-state index contributed by atoms with van der Waals surface area (Å²) in [7, 11) is -10.5. The van der Waals surface area contributed by atoms with Gasteiger partial charge in [0, 0.05) is 19.3 Å². The van der Waals surface area contributed by atoms with Gasteiger partial charge >= 0.3 is 16.3 Å². The smallest absolute Gasteiger partial charge is 0.602 e. The highest BCUT2D eigenvalue weighted by atomic mass is 31.3. The van der Waals surface area contributed by atoms with Gasteiger partial charge in [-0.25, -0.2) is 9.97 Å². The molecule has 5 heterocycles. The highest BCUT2D eigenvalue weighted by Gasteiger charge is 2.57. The Morgan fingerprint density at radius 3 is 2.30 bits per heavy atom. The van der Waals surface area contributed by atoms with Crippen molar-refractivity contribution < 1.29 is 67.6 Å². The van der Waals surface area contributed by atoms with Crippen LogP contribution >= 0.6 is 16.3 Å². The fourth-order valence-corrected chi connectivity index (χ4v) is 7.12. The molecule has 1 unspecified atom stereocenters. The molecule has 9 atom stereocenters. The van der Waals surface area contributed by atoms with Gasteiger partial charge in [0.15, 0.2) is 23.6 Å². The number of phosphoric acid groups is 1. The number of hydrogen-bond donors (Lipinski definition) is 10. The minimum Gasteiger partial charge on any atom is -0.602 e. The molecule has 0 aliphatic carbocycles. The Morgan fingerprint density at radius 1 is 1.00 bits per heavy atom. The maximum atomic E-state index is 12.5. The first-order valence-electron chi connectivity index (χ1n) is 13.8. The summed E-state index contributed by atoms with van der Waals surface area (Å²) in [5.74, 6) is -0.760. The first-order valence-corrected chi connectivity index (χ1v) is 16.8. The number of nitrogens with two attached hydrogens (primary N) is 2. The molecule has 2 aromatic rings. The zero-order valence-corrected chi connectivity index (χ0v) is 26.0. The van der Waals surface area contributed by atoms with Crippen molar-refractivity contribution in [2.45, 2.75) is 55.6 Å². The van der Waals surface area contributed by atoms with Crippen LogP contribution in [-0.2, 0) is 34.2 Å². The van der Waals surface area contributed by atoms with Crippen LogP contribution in [0.4, 0.5) is 0 Å². The van der Waals surface area contributed by atoms with Crippen LogP contribution in [0.15, 0.2) is 36.6 Å². The number of nitrogens with one attached hydrogen (secondary N) is 1. The average Bonchev–Trinajstić information content (AvgIpc) is 3.66. The van der Waals surface area contributed by atoms with Gasteiger partial charge in [0.2, 0.25) is 5.91 Å². The second-order valence-corrected chi connectivity index (χ2v) is 13.6. The molecule has 2 aromatic heterocycles. The second-order valence-electron chi connectivity index (χ2n) is 10.5. The number of carbonyl (C=O) groups excluding carboxylic acids is 1. The Hall–Kier alpha value is -2.60. The highest BCUT2D eigenvalue weighted by Crippen LogP contribution is 2.67. The third-order valence-electron chi connectivity index (χ3n) is 7.34. The van der Waals surface area contributed by atoms with Crippen molar-refractivity contribution in [3.8, 4) is 0 Å². The lowest BCUT2D eigenvalue weighted by Gasteiger charge is -2.29. The highest BCUT2D eigenvalue weighted by molar-refractivity contribution is 7.67. The van der Waals surface area contributed by atoms with Crippen LogP contribution in [0.5, 0.6) is 0 Å². The Labute approximate surface area is 266 Å². The van der Waals surface area contributed by atoms with Gasteiger partial charge < -0.3 is 55.7 Å². The van der Waals surface area contributed by atoms with Crippen LogP contribution in [-0.4, -0.2) is 128 Å². The summed E-state index contributed by atoms with van der Waals surface area (Å²) in [4.78, 5) is 64.0. The van der Waals surface area contributed by atoms with Crippen molar-refractivity contribution in [1.82, 2.24) is 24.0 Å². The number of rotatable bonds is 13. The van der Waals surface area contributed by atoms with Crippen molar-refractivity contribution in [2.24, 2.45) is 11.5 Å². The summed E-state index contributed by atoms with van der Waals surface area (Å²) in [5, 5.41) is 50.2. The molecule has 22 nitrogen and oxygen atoms in total. The predicted molar refractivity (Wildman–Crippen MR) is 153 cm³/mol. The number of fused-ring (bicyclic) bond motifs is 1. The summed E-state index contributed by atoms with van der Waals surface area (Å²) in [6, 6.07) is 0. The van der Waals surface area contributed by atoms with E-state index in [0.29, 0.717) is 6.54 Å². The maximum Gasteiger partial charge on any atom is 0.615 e. The van der Waals surface area contributed by atoms with Gasteiger partial charge in [-0.2, -0.15) is 19.2 Å². The van der Waals surface area contributed by atoms with E-state index in [1.807, 2.05) is 0 Å². The lowest BCUT2D eigenvalue weighted by molar-refractivity contribution is -0.239. The number of phosphoric ester groups is 1. The molecular formula is C23H34N8O14P2+. The monoisotopic (exact) mass is 708 g/mol. The van der Waals surface area contributed by atoms with Gasteiger partial charge in [0.1, 0.15) is 55.4 Å². The molecule has 1 radical (unpaired) electrons. The number of hydrogen-bond acceptors (Lipinski definition) is 19. The number of aliphatic hydroxyl groups is 4. The van der Waals surface area contributed by atoms with E-state index < -0.39 is 84.5 Å². The molecule has 47 heavy (non-hydrogen) atoms. The van der Waals surface area contributed by atoms with Gasteiger partial charge in [-0.05, 0) is 6.08 Å². The average molecular weight is 709 g/mol. The molecule has 0 aromatic carbocycles. The van der Waals surface area contributed by atoms with Crippen LogP contribution in [0.3, 0.4) is 0 Å². The molecule has 24 heteroatoms. The molecule has 0 spiro atoms. The number of ether oxygens (including phenoxy) is 2. The quantitative estimate of drug-likeness (QED) is 0.0870. The summed E-state index contributed by atoms with van der Waals surface area (Å²) in [6.07, 6.45) is -5.17. The zero-order valence-electron chi connectivity index (χ0n) is 24.2. The fraction of sp³-hybridized carbons (Fsp3) is 0.522. The Morgan fingerprint density at radius 2 is 1.64 bits per heavy atom. The topological polar surface area (TPSA) is 343 Å². The molecule has 1 amide bonds. The SMILES string of the molecule is N=c1c2ncn([C@@H]3O[C@H](CO[P+]([O-])(O)O[P+](O)(O)OC[C@H]4O[C@@H](N5[CH]C=CC(C(N)=O)=C5)[C@H](O)[C@@H]4O)[C@@H](O)[C@H]3O)c2ncn1CCN. The number of primary amides is 1. The minimum atomic E-state index is -5.33. The van der Waals surface area contributed by atoms with Gasteiger partial charge in [-0.15, -0.1) is 4.52 Å². The first-order chi connectivity index (χ1) is 22.1. The summed E-state index contributed by atoms with van der Waals surface area (Å²) in [6.45, 7) is 0.246. The van der Waals surface area contributed by atoms with Crippen LogP contribution < -0.4 is 21.8 Å². The van der Waals surface area contributed by atoms with Crippen LogP contribution in [0.1, 0.15) is 6.23 Å². The number of carbonyl (C=O) groups is 1. The summed E-state index contributed by atoms with van der Waals surface area (Å²) < 4.78 is 27.8. The predicted octanol–water partition coefficient (Wildman–Crippen LogP) is -5.12. The van der Waals surface area contributed by atoms with E-state index in [1.165, 1.54) is 51.6 Å². The molecular weight excluding hydrogens is 674 g/mol. The molecule has 3 aliphatic rings. The lowest BCUT2D eigenvalue weighted by Crippen LogP contribution is -2.41. The maximum absolute atomic E-state index is 12.5. The largest absolute Gasteiger partial charge is 0.615 e. The van der Waals surface area contributed by atoms with E-state index in [0.717, 1.165) is 0 Å². The summed E-state index contributed by atoms with van der Waals surface area (Å²) in [5.41, 5.74) is 11.2. The summed E-state index contributed by atoms with van der Waals surface area (Å²) >= 11 is 0. The van der Waals surface area contributed by atoms with E-state index in [4.69, 9.17) is 35.4 Å². The zero-order chi connectivity index (χ0) is 34.3. The molecule has 0 bridgehead atoms. The van der Waals surface area contributed by atoms with Crippen molar-refractivity contribution >= 4 is 33.4 Å². The standard InChI is InChI=1S/C23H33N8O14P2/c24-3-5-30-9-28-21-14(19(30)25)27-10-31(21)23-18(35)16(33)13(44-23)8-42-47(39,40)45-46(37,38)41-7-12-15(32)17(34)22(43-12)29-4-1-2-11(6-29)20(26)36/h1-2,4,6,9-10,12-13,15-18,22-23,25,32-35,37-38H,3,5,7-8,24H2,(H2-,26,36,39,40)/p+1/t12-,13-,15-,16-,17-,18-,22-,23-/m1/s1. The van der Waals surface area contributed by atoms with Crippen molar-refractivity contribution in [1.29, 1.82) is 5.41 Å². The number of nitrogens with zero attached hydrogens (tertiary/aromatic N) is 5. The second kappa shape index (κ2) is 14.1. The molecule has 5 rings (SSSR count). The molecule has 2 saturated heterocycles.